The molecule has 3 nitrogen and oxygen atoms in total. The molecule has 4 heteroatoms. The topological polar surface area (TPSA) is 35.5 Å². The van der Waals surface area contributed by atoms with Crippen LogP contribution < -0.4 is 0 Å². The molecule has 0 amide bonds. The molecule has 12 heavy (non-hydrogen) atoms. The third-order valence-corrected chi connectivity index (χ3v) is 2.64. The minimum atomic E-state index is -1.49. The minimum absolute atomic E-state index is 0.0404. The second-order valence-electron chi connectivity index (χ2n) is 3.21. The highest BCUT2D eigenvalue weighted by Gasteiger charge is 2.37. The van der Waals surface area contributed by atoms with E-state index >= 15 is 0 Å². The lowest BCUT2D eigenvalue weighted by molar-refractivity contribution is 0.0237. The van der Waals surface area contributed by atoms with Crippen LogP contribution in [0.1, 0.15) is 26.7 Å². The average molecular weight is 191 g/mol. The van der Waals surface area contributed by atoms with Crippen LogP contribution in [0.15, 0.2) is 0 Å². The predicted molar refractivity (Wildman–Crippen MR) is 47.6 cm³/mol. The normalized spacial score (nSPS) is 36.9. The van der Waals surface area contributed by atoms with Crippen LogP contribution in [0.4, 0.5) is 0 Å². The van der Waals surface area contributed by atoms with E-state index in [9.17, 15) is 4.57 Å². The van der Waals surface area contributed by atoms with Crippen LogP contribution in [0.5, 0.6) is 0 Å². The quantitative estimate of drug-likeness (QED) is 0.642. The van der Waals surface area contributed by atoms with Crippen LogP contribution in [0.3, 0.4) is 0 Å². The van der Waals surface area contributed by atoms with Gasteiger partial charge < -0.3 is 4.74 Å². The van der Waals surface area contributed by atoms with Crippen molar-refractivity contribution in [1.82, 2.24) is 0 Å². The van der Waals surface area contributed by atoms with Crippen LogP contribution in [0.2, 0.25) is 0 Å². The molecule has 4 atom stereocenters. The summed E-state index contributed by atoms with van der Waals surface area (Å²) >= 11 is 0. The van der Waals surface area contributed by atoms with Crippen molar-refractivity contribution < 1.29 is 13.8 Å². The van der Waals surface area contributed by atoms with Crippen molar-refractivity contribution in [3.05, 3.63) is 0 Å². The smallest absolute Gasteiger partial charge is 0.372 e. The van der Waals surface area contributed by atoms with Gasteiger partial charge in [0.25, 0.3) is 0 Å². The zero-order valence-corrected chi connectivity index (χ0v) is 8.71. The van der Waals surface area contributed by atoms with E-state index < -0.39 is 8.03 Å². The van der Waals surface area contributed by atoms with Gasteiger partial charge in [0, 0.05) is 6.42 Å². The van der Waals surface area contributed by atoms with Gasteiger partial charge >= 0.3 is 8.03 Å². The summed E-state index contributed by atoms with van der Waals surface area (Å²) in [7, 11) is -1.49. The zero-order chi connectivity index (χ0) is 9.14. The van der Waals surface area contributed by atoms with Crippen molar-refractivity contribution in [2.24, 2.45) is 0 Å². The van der Waals surface area contributed by atoms with Crippen molar-refractivity contribution >= 4 is 8.03 Å². The highest BCUT2D eigenvalue weighted by molar-refractivity contribution is 7.38. The van der Waals surface area contributed by atoms with E-state index in [1.807, 2.05) is 6.92 Å². The Kier molecular flexibility index (Phi) is 3.63. The predicted octanol–water partition coefficient (Wildman–Crippen LogP) is 2.33. The molecule has 1 aliphatic rings. The molecule has 0 spiro atoms. The molecule has 0 aromatic carbocycles. The van der Waals surface area contributed by atoms with Crippen LogP contribution in [0.25, 0.3) is 0 Å². The zero-order valence-electron chi connectivity index (χ0n) is 7.82. The summed E-state index contributed by atoms with van der Waals surface area (Å²) in [5.41, 5.74) is 0. The first-order valence-electron chi connectivity index (χ1n) is 4.36. The van der Waals surface area contributed by atoms with Crippen molar-refractivity contribution in [1.29, 1.82) is 0 Å². The van der Waals surface area contributed by atoms with Gasteiger partial charge in [-0.15, -0.1) is 4.52 Å². The Morgan fingerprint density at radius 3 is 2.83 bits per heavy atom. The van der Waals surface area contributed by atoms with Crippen LogP contribution in [-0.4, -0.2) is 25.0 Å². The highest BCUT2D eigenvalue weighted by Crippen LogP contribution is 2.31. The van der Waals surface area contributed by atoms with E-state index in [1.165, 1.54) is 0 Å². The lowest BCUT2D eigenvalue weighted by Gasteiger charge is -2.10. The first-order chi connectivity index (χ1) is 5.63. The first kappa shape index (κ1) is 10.1. The van der Waals surface area contributed by atoms with Gasteiger partial charge in [0.15, 0.2) is 6.66 Å². The van der Waals surface area contributed by atoms with E-state index in [0.717, 1.165) is 12.8 Å². The molecule has 1 fully saturated rings. The Morgan fingerprint density at radius 2 is 2.33 bits per heavy atom. The van der Waals surface area contributed by atoms with Gasteiger partial charge in [-0.1, -0.05) is 6.92 Å². The Balaban J connectivity index is 2.46. The van der Waals surface area contributed by atoms with Gasteiger partial charge in [-0.25, -0.2) is 0 Å². The SMILES string of the molecule is CC[C@H]1O[C@@H](C)CC1O[P+](C)=O. The van der Waals surface area contributed by atoms with Crippen LogP contribution in [0, 0.1) is 0 Å². The monoisotopic (exact) mass is 191 g/mol. The molecular formula is C8H16O3P+. The van der Waals surface area contributed by atoms with Gasteiger partial charge in [-0.3, -0.25) is 0 Å². The number of hydrogen-bond acceptors (Lipinski definition) is 3. The molecule has 1 saturated heterocycles. The molecule has 1 heterocycles. The summed E-state index contributed by atoms with van der Waals surface area (Å²) in [5, 5.41) is 0. The standard InChI is InChI=1S/C8H16O3P/c1-4-7-8(11-12(3)9)5-6(2)10-7/h6-8H,4-5H2,1-3H3/q+1/t6-,7+,8?/m0/s1. The van der Waals surface area contributed by atoms with Gasteiger partial charge in [-0.2, -0.15) is 0 Å². The number of ether oxygens (including phenoxy) is 1. The first-order valence-corrected chi connectivity index (χ1v) is 5.99. The summed E-state index contributed by atoms with van der Waals surface area (Å²) in [4.78, 5) is 0. The lowest BCUT2D eigenvalue weighted by Crippen LogP contribution is -2.20. The van der Waals surface area contributed by atoms with Gasteiger partial charge in [0.1, 0.15) is 6.10 Å². The van der Waals surface area contributed by atoms with Gasteiger partial charge in [0.2, 0.25) is 0 Å². The van der Waals surface area contributed by atoms with Crippen molar-refractivity contribution in [2.45, 2.75) is 45.0 Å². The van der Waals surface area contributed by atoms with E-state index in [-0.39, 0.29) is 18.3 Å². The van der Waals surface area contributed by atoms with Crippen molar-refractivity contribution in [3.8, 4) is 0 Å². The Hall–Kier alpha value is 0.0200. The highest BCUT2D eigenvalue weighted by atomic mass is 31.1. The molecule has 0 N–H and O–H groups in total. The fourth-order valence-corrected chi connectivity index (χ4v) is 2.18. The summed E-state index contributed by atoms with van der Waals surface area (Å²) in [6, 6.07) is 0. The molecule has 0 aromatic rings. The summed E-state index contributed by atoms with van der Waals surface area (Å²) < 4.78 is 21.7. The van der Waals surface area contributed by atoms with E-state index in [0.29, 0.717) is 0 Å². The fraction of sp³-hybridized carbons (Fsp3) is 1.00. The van der Waals surface area contributed by atoms with E-state index in [4.69, 9.17) is 9.26 Å². The third-order valence-electron chi connectivity index (χ3n) is 2.07. The molecule has 1 aliphatic heterocycles. The largest absolute Gasteiger partial charge is 0.505 e. The Bertz CT molecular complexity index is 172. The molecular weight excluding hydrogens is 175 g/mol. The molecule has 70 valence electrons. The van der Waals surface area contributed by atoms with Gasteiger partial charge in [0.05, 0.1) is 12.2 Å². The molecule has 2 unspecified atom stereocenters. The molecule has 0 radical (unpaired) electrons. The number of hydrogen-bond donors (Lipinski definition) is 0. The summed E-state index contributed by atoms with van der Waals surface area (Å²) in [6.45, 7) is 5.67. The molecule has 0 aromatic heterocycles. The summed E-state index contributed by atoms with van der Waals surface area (Å²) in [6.07, 6.45) is 2.22. The maximum Gasteiger partial charge on any atom is 0.505 e. The maximum atomic E-state index is 10.8. The Morgan fingerprint density at radius 1 is 1.67 bits per heavy atom. The Labute approximate surface area is 74.3 Å². The average Bonchev–Trinajstić information content (AvgIpc) is 2.29. The van der Waals surface area contributed by atoms with Crippen LogP contribution in [-0.2, 0) is 13.8 Å². The van der Waals surface area contributed by atoms with Crippen LogP contribution >= 0.6 is 8.03 Å². The lowest BCUT2D eigenvalue weighted by atomic mass is 10.1. The second kappa shape index (κ2) is 4.31. The van der Waals surface area contributed by atoms with E-state index in [1.54, 1.807) is 6.66 Å². The van der Waals surface area contributed by atoms with Crippen molar-refractivity contribution in [2.75, 3.05) is 6.66 Å². The molecule has 0 aliphatic carbocycles. The second-order valence-corrected chi connectivity index (χ2v) is 4.30. The summed E-state index contributed by atoms with van der Waals surface area (Å²) in [5.74, 6) is 0. The van der Waals surface area contributed by atoms with E-state index in [2.05, 4.69) is 6.92 Å². The molecule has 0 saturated carbocycles. The maximum absolute atomic E-state index is 10.8. The van der Waals surface area contributed by atoms with Crippen molar-refractivity contribution in [3.63, 3.8) is 0 Å². The third kappa shape index (κ3) is 2.51. The molecule has 0 bridgehead atoms. The van der Waals surface area contributed by atoms with Gasteiger partial charge in [-0.05, 0) is 17.9 Å². The number of rotatable bonds is 3. The molecule has 1 rings (SSSR count). The fourth-order valence-electron chi connectivity index (χ4n) is 1.58. The minimum Gasteiger partial charge on any atom is -0.372 e.